The molecule has 26 heavy (non-hydrogen) atoms. The van der Waals surface area contributed by atoms with Crippen molar-refractivity contribution in [2.45, 2.75) is 76.2 Å². The zero-order valence-corrected chi connectivity index (χ0v) is 15.4. The van der Waals surface area contributed by atoms with Crippen molar-refractivity contribution in [3.63, 3.8) is 0 Å². The first-order valence-electron chi connectivity index (χ1n) is 9.62. The number of hydrogen-bond acceptors (Lipinski definition) is 5. The van der Waals surface area contributed by atoms with Gasteiger partial charge in [0.1, 0.15) is 0 Å². The summed E-state index contributed by atoms with van der Waals surface area (Å²) >= 11 is 0. The molecule has 4 rings (SSSR count). The number of carbonyl (C=O) groups excluding carboxylic acids is 2. The third-order valence-electron chi connectivity index (χ3n) is 6.29. The Balaban J connectivity index is 1.44. The molecule has 7 heteroatoms. The molecule has 0 radical (unpaired) electrons. The highest BCUT2D eigenvalue weighted by Crippen LogP contribution is 2.48. The molecule has 3 fully saturated rings. The van der Waals surface area contributed by atoms with Crippen LogP contribution in [0.15, 0.2) is 17.0 Å². The minimum atomic E-state index is -0.331. The van der Waals surface area contributed by atoms with Crippen molar-refractivity contribution in [1.82, 2.24) is 15.6 Å². The Hall–Kier alpha value is -1.89. The van der Waals surface area contributed by atoms with Crippen LogP contribution in [0.25, 0.3) is 0 Å². The number of aromatic nitrogens is 1. The molecular formula is C19H27N3O4. The second-order valence-corrected chi connectivity index (χ2v) is 8.31. The molecule has 2 saturated carbocycles. The van der Waals surface area contributed by atoms with E-state index < -0.39 is 0 Å². The number of ether oxygens (including phenoxy) is 1. The van der Waals surface area contributed by atoms with E-state index in [-0.39, 0.29) is 47.3 Å². The van der Waals surface area contributed by atoms with E-state index in [4.69, 9.17) is 9.15 Å². The van der Waals surface area contributed by atoms with E-state index in [0.29, 0.717) is 5.92 Å². The van der Waals surface area contributed by atoms with Crippen molar-refractivity contribution < 1.29 is 18.7 Å². The molecule has 3 aliphatic rings. The fourth-order valence-electron chi connectivity index (χ4n) is 5.18. The highest BCUT2D eigenvalue weighted by Gasteiger charge is 2.54. The van der Waals surface area contributed by atoms with Crippen LogP contribution in [0.4, 0.5) is 0 Å². The van der Waals surface area contributed by atoms with Gasteiger partial charge in [0.05, 0.1) is 30.0 Å². The summed E-state index contributed by atoms with van der Waals surface area (Å²) in [4.78, 5) is 29.2. The molecule has 1 aromatic heterocycles. The Bertz CT molecular complexity index is 666. The normalized spacial score (nSPS) is 38.9. The molecule has 2 bridgehead atoms. The van der Waals surface area contributed by atoms with Gasteiger partial charge in [-0.2, -0.15) is 0 Å². The van der Waals surface area contributed by atoms with Crippen molar-refractivity contribution in [3.8, 4) is 0 Å². The van der Waals surface area contributed by atoms with Crippen LogP contribution in [0.2, 0.25) is 0 Å². The van der Waals surface area contributed by atoms with E-state index in [9.17, 15) is 9.59 Å². The first-order chi connectivity index (χ1) is 12.4. The van der Waals surface area contributed by atoms with Crippen molar-refractivity contribution >= 4 is 11.8 Å². The van der Waals surface area contributed by atoms with E-state index in [1.165, 1.54) is 12.6 Å². The predicted molar refractivity (Wildman–Crippen MR) is 93.3 cm³/mol. The molecule has 1 unspecified atom stereocenters. The average molecular weight is 361 g/mol. The van der Waals surface area contributed by atoms with Crippen molar-refractivity contribution in [2.24, 2.45) is 11.8 Å². The molecule has 2 aliphatic carbocycles. The van der Waals surface area contributed by atoms with E-state index in [1.807, 2.05) is 13.8 Å². The molecule has 2 amide bonds. The summed E-state index contributed by atoms with van der Waals surface area (Å²) in [6.07, 6.45) is 8.25. The highest BCUT2D eigenvalue weighted by molar-refractivity contribution is 5.91. The molecule has 1 saturated heterocycles. The Morgan fingerprint density at radius 2 is 2.00 bits per heavy atom. The summed E-state index contributed by atoms with van der Waals surface area (Å²) in [6, 6.07) is -0.0579. The minimum Gasteiger partial charge on any atom is -0.438 e. The molecule has 142 valence electrons. The summed E-state index contributed by atoms with van der Waals surface area (Å²) in [5.74, 6) is 0.591. The molecule has 0 aromatic carbocycles. The number of nitrogens with zero attached hydrogens (tertiary/aromatic N) is 1. The fourth-order valence-corrected chi connectivity index (χ4v) is 5.18. The fraction of sp³-hybridized carbons (Fsp3) is 0.737. The van der Waals surface area contributed by atoms with Gasteiger partial charge >= 0.3 is 0 Å². The van der Waals surface area contributed by atoms with Crippen LogP contribution in [-0.2, 0) is 9.53 Å². The number of rotatable bonds is 4. The summed E-state index contributed by atoms with van der Waals surface area (Å²) in [6.45, 7) is 4.05. The standard InChI is InChI=1S/C19H27N3O4/c1-11-5-14(6-12(2)26-11)17(23)22-19-4-3-13(8-19)7-16(19)21-18(24)15-9-20-10-25-15/h9-14,16H,3-8H2,1-2H3,(H,21,24)(H,22,23)/t11-,12+,13-,14?,16+,19+/m1/s1. The molecule has 2 heterocycles. The molecule has 2 N–H and O–H groups in total. The second-order valence-electron chi connectivity index (χ2n) is 8.31. The minimum absolute atomic E-state index is 0.0200. The average Bonchev–Trinajstić information content (AvgIpc) is 3.29. The monoisotopic (exact) mass is 361 g/mol. The SMILES string of the molecule is C[C@@H]1CC(C(=O)N[C@]23CC[C@H](C[C@@H]2NC(=O)c2cnco2)C3)C[C@H](C)O1. The maximum Gasteiger partial charge on any atom is 0.289 e. The van der Waals surface area contributed by atoms with Crippen LogP contribution in [-0.4, -0.2) is 40.6 Å². The van der Waals surface area contributed by atoms with Gasteiger partial charge in [-0.3, -0.25) is 9.59 Å². The van der Waals surface area contributed by atoms with Gasteiger partial charge in [0.2, 0.25) is 11.7 Å². The van der Waals surface area contributed by atoms with E-state index >= 15 is 0 Å². The summed E-state index contributed by atoms with van der Waals surface area (Å²) in [5, 5.41) is 6.41. The van der Waals surface area contributed by atoms with Crippen LogP contribution in [0.5, 0.6) is 0 Å². The van der Waals surface area contributed by atoms with Gasteiger partial charge in [-0.05, 0) is 58.3 Å². The van der Waals surface area contributed by atoms with Gasteiger partial charge in [-0.15, -0.1) is 0 Å². The van der Waals surface area contributed by atoms with Crippen LogP contribution >= 0.6 is 0 Å². The number of nitrogens with one attached hydrogen (secondary N) is 2. The second kappa shape index (κ2) is 6.68. The van der Waals surface area contributed by atoms with Crippen LogP contribution in [0, 0.1) is 11.8 Å². The van der Waals surface area contributed by atoms with E-state index in [2.05, 4.69) is 15.6 Å². The molecule has 1 aromatic rings. The third kappa shape index (κ3) is 3.24. The zero-order valence-electron chi connectivity index (χ0n) is 15.4. The zero-order chi connectivity index (χ0) is 18.3. The maximum absolute atomic E-state index is 13.0. The lowest BCUT2D eigenvalue weighted by Gasteiger charge is -2.39. The summed E-state index contributed by atoms with van der Waals surface area (Å²) in [5.41, 5.74) is -0.331. The van der Waals surface area contributed by atoms with Crippen LogP contribution in [0.1, 0.15) is 62.9 Å². The van der Waals surface area contributed by atoms with E-state index in [1.54, 1.807) is 0 Å². The van der Waals surface area contributed by atoms with Crippen LogP contribution in [0.3, 0.4) is 0 Å². The highest BCUT2D eigenvalue weighted by atomic mass is 16.5. The van der Waals surface area contributed by atoms with Gasteiger partial charge in [0.25, 0.3) is 5.91 Å². The van der Waals surface area contributed by atoms with Crippen LogP contribution < -0.4 is 10.6 Å². The predicted octanol–water partition coefficient (Wildman–Crippen LogP) is 2.04. The van der Waals surface area contributed by atoms with Gasteiger partial charge in [-0.1, -0.05) is 0 Å². The largest absolute Gasteiger partial charge is 0.438 e. The molecule has 1 aliphatic heterocycles. The number of amides is 2. The summed E-state index contributed by atoms with van der Waals surface area (Å²) in [7, 11) is 0. The van der Waals surface area contributed by atoms with Crippen molar-refractivity contribution in [1.29, 1.82) is 0 Å². The Kier molecular flexibility index (Phi) is 4.50. The maximum atomic E-state index is 13.0. The lowest BCUT2D eigenvalue weighted by Crippen LogP contribution is -2.60. The Labute approximate surface area is 153 Å². The molecule has 0 spiro atoms. The third-order valence-corrected chi connectivity index (χ3v) is 6.29. The van der Waals surface area contributed by atoms with E-state index in [0.717, 1.165) is 38.5 Å². The van der Waals surface area contributed by atoms with Crippen molar-refractivity contribution in [3.05, 3.63) is 18.4 Å². The number of fused-ring (bicyclic) bond motifs is 2. The molecule has 7 nitrogen and oxygen atoms in total. The molecular weight excluding hydrogens is 334 g/mol. The smallest absolute Gasteiger partial charge is 0.289 e. The first kappa shape index (κ1) is 17.5. The lowest BCUT2D eigenvalue weighted by molar-refractivity contribution is -0.135. The number of carbonyl (C=O) groups is 2. The van der Waals surface area contributed by atoms with Gasteiger partial charge in [-0.25, -0.2) is 4.98 Å². The van der Waals surface area contributed by atoms with Gasteiger partial charge < -0.3 is 19.8 Å². The van der Waals surface area contributed by atoms with Crippen molar-refractivity contribution in [2.75, 3.05) is 0 Å². The first-order valence-corrected chi connectivity index (χ1v) is 9.62. The number of hydrogen-bond donors (Lipinski definition) is 2. The Morgan fingerprint density at radius 3 is 2.65 bits per heavy atom. The van der Waals surface area contributed by atoms with Gasteiger partial charge in [0, 0.05) is 5.92 Å². The molecule has 6 atom stereocenters. The Morgan fingerprint density at radius 1 is 1.23 bits per heavy atom. The van der Waals surface area contributed by atoms with Gasteiger partial charge in [0.15, 0.2) is 6.39 Å². The number of oxazole rings is 1. The lowest BCUT2D eigenvalue weighted by atomic mass is 9.85. The topological polar surface area (TPSA) is 93.5 Å². The quantitative estimate of drug-likeness (QED) is 0.856. The summed E-state index contributed by atoms with van der Waals surface area (Å²) < 4.78 is 10.9.